The first kappa shape index (κ1) is 12.8. The summed E-state index contributed by atoms with van der Waals surface area (Å²) in [5.74, 6) is 0.820. The highest BCUT2D eigenvalue weighted by Crippen LogP contribution is 2.30. The Morgan fingerprint density at radius 3 is 3.00 bits per heavy atom. The SMILES string of the molecule is CCCNCc1sc(N2CCC(C)C2)nc1C. The van der Waals surface area contributed by atoms with Gasteiger partial charge in [-0.3, -0.25) is 0 Å². The predicted octanol–water partition coefficient (Wildman–Crippen LogP) is 2.80. The van der Waals surface area contributed by atoms with E-state index in [4.69, 9.17) is 4.98 Å². The average Bonchev–Trinajstić information content (AvgIpc) is 2.86. The largest absolute Gasteiger partial charge is 0.348 e. The molecule has 17 heavy (non-hydrogen) atoms. The average molecular weight is 253 g/mol. The van der Waals surface area contributed by atoms with Crippen LogP contribution < -0.4 is 10.2 Å². The molecule has 96 valence electrons. The first-order chi connectivity index (χ1) is 8.20. The van der Waals surface area contributed by atoms with E-state index < -0.39 is 0 Å². The summed E-state index contributed by atoms with van der Waals surface area (Å²) >= 11 is 1.86. The minimum atomic E-state index is 0.820. The minimum absolute atomic E-state index is 0.820. The molecule has 1 aliphatic rings. The Hall–Kier alpha value is -0.610. The number of aryl methyl sites for hydroxylation is 1. The fourth-order valence-corrected chi connectivity index (χ4v) is 3.26. The van der Waals surface area contributed by atoms with Crippen LogP contribution in [0.2, 0.25) is 0 Å². The molecule has 0 aromatic carbocycles. The van der Waals surface area contributed by atoms with Gasteiger partial charge < -0.3 is 10.2 Å². The fraction of sp³-hybridized carbons (Fsp3) is 0.769. The number of hydrogen-bond acceptors (Lipinski definition) is 4. The maximum atomic E-state index is 4.71. The summed E-state index contributed by atoms with van der Waals surface area (Å²) in [7, 11) is 0. The lowest BCUT2D eigenvalue weighted by atomic mass is 10.2. The molecule has 1 aromatic rings. The Bertz CT molecular complexity index is 362. The van der Waals surface area contributed by atoms with Crippen molar-refractivity contribution in [3.63, 3.8) is 0 Å². The normalized spacial score (nSPS) is 20.2. The van der Waals surface area contributed by atoms with Crippen LogP contribution in [0.5, 0.6) is 0 Å². The molecule has 1 fully saturated rings. The van der Waals surface area contributed by atoms with Crippen LogP contribution in [0.15, 0.2) is 0 Å². The number of nitrogens with one attached hydrogen (secondary N) is 1. The third-order valence-electron chi connectivity index (χ3n) is 3.29. The van der Waals surface area contributed by atoms with E-state index in [2.05, 4.69) is 31.0 Å². The van der Waals surface area contributed by atoms with E-state index in [1.165, 1.54) is 41.6 Å². The quantitative estimate of drug-likeness (QED) is 0.818. The lowest BCUT2D eigenvalue weighted by molar-refractivity contribution is 0.659. The second-order valence-electron chi connectivity index (χ2n) is 5.02. The van der Waals surface area contributed by atoms with Gasteiger partial charge in [0.25, 0.3) is 0 Å². The van der Waals surface area contributed by atoms with Gasteiger partial charge in [0.05, 0.1) is 5.69 Å². The van der Waals surface area contributed by atoms with E-state index in [1.807, 2.05) is 11.3 Å². The molecule has 0 aliphatic carbocycles. The predicted molar refractivity (Wildman–Crippen MR) is 74.8 cm³/mol. The van der Waals surface area contributed by atoms with E-state index in [-0.39, 0.29) is 0 Å². The van der Waals surface area contributed by atoms with Crippen molar-refractivity contribution >= 4 is 16.5 Å². The third-order valence-corrected chi connectivity index (χ3v) is 4.51. The molecule has 1 aromatic heterocycles. The molecule has 1 atom stereocenters. The Morgan fingerprint density at radius 1 is 1.53 bits per heavy atom. The van der Waals surface area contributed by atoms with Gasteiger partial charge in [0.15, 0.2) is 5.13 Å². The van der Waals surface area contributed by atoms with Crippen molar-refractivity contribution in [2.75, 3.05) is 24.5 Å². The molecule has 0 radical (unpaired) electrons. The zero-order chi connectivity index (χ0) is 12.3. The summed E-state index contributed by atoms with van der Waals surface area (Å²) in [5, 5.41) is 4.68. The van der Waals surface area contributed by atoms with Crippen molar-refractivity contribution in [3.05, 3.63) is 10.6 Å². The van der Waals surface area contributed by atoms with Crippen LogP contribution in [-0.2, 0) is 6.54 Å². The maximum Gasteiger partial charge on any atom is 0.185 e. The number of anilines is 1. The number of thiazole rings is 1. The molecule has 2 heterocycles. The van der Waals surface area contributed by atoms with Gasteiger partial charge in [0.2, 0.25) is 0 Å². The summed E-state index contributed by atoms with van der Waals surface area (Å²) in [5.41, 5.74) is 1.20. The molecular formula is C13H23N3S. The number of nitrogens with zero attached hydrogens (tertiary/aromatic N) is 2. The van der Waals surface area contributed by atoms with E-state index in [0.29, 0.717) is 0 Å². The minimum Gasteiger partial charge on any atom is -0.348 e. The van der Waals surface area contributed by atoms with Crippen molar-refractivity contribution in [2.24, 2.45) is 5.92 Å². The zero-order valence-electron chi connectivity index (χ0n) is 11.1. The van der Waals surface area contributed by atoms with Crippen molar-refractivity contribution in [2.45, 2.75) is 40.2 Å². The first-order valence-electron chi connectivity index (χ1n) is 6.62. The number of aromatic nitrogens is 1. The lowest BCUT2D eigenvalue weighted by Gasteiger charge is -2.13. The van der Waals surface area contributed by atoms with Crippen LogP contribution in [0.25, 0.3) is 0 Å². The standard InChI is InChI=1S/C13H23N3S/c1-4-6-14-8-12-11(3)15-13(17-12)16-7-5-10(2)9-16/h10,14H,4-9H2,1-3H3. The highest BCUT2D eigenvalue weighted by Gasteiger charge is 2.22. The highest BCUT2D eigenvalue weighted by atomic mass is 32.1. The molecule has 0 amide bonds. The Balaban J connectivity index is 1.97. The molecular weight excluding hydrogens is 230 g/mol. The van der Waals surface area contributed by atoms with Crippen LogP contribution in [0.3, 0.4) is 0 Å². The third kappa shape index (κ3) is 3.19. The van der Waals surface area contributed by atoms with E-state index in [9.17, 15) is 0 Å². The number of hydrogen-bond donors (Lipinski definition) is 1. The molecule has 0 saturated carbocycles. The Labute approximate surface area is 108 Å². The van der Waals surface area contributed by atoms with Gasteiger partial charge in [-0.15, -0.1) is 11.3 Å². The van der Waals surface area contributed by atoms with Gasteiger partial charge in [-0.2, -0.15) is 0 Å². The van der Waals surface area contributed by atoms with Crippen LogP contribution in [0.4, 0.5) is 5.13 Å². The summed E-state index contributed by atoms with van der Waals surface area (Å²) < 4.78 is 0. The van der Waals surface area contributed by atoms with E-state index in [0.717, 1.165) is 19.0 Å². The molecule has 0 spiro atoms. The second kappa shape index (κ2) is 5.83. The van der Waals surface area contributed by atoms with Gasteiger partial charge in [-0.25, -0.2) is 4.98 Å². The van der Waals surface area contributed by atoms with Crippen molar-refractivity contribution in [3.8, 4) is 0 Å². The molecule has 3 nitrogen and oxygen atoms in total. The van der Waals surface area contributed by atoms with Crippen LogP contribution in [0, 0.1) is 12.8 Å². The monoisotopic (exact) mass is 253 g/mol. The number of rotatable bonds is 5. The summed E-state index contributed by atoms with van der Waals surface area (Å²) in [6.07, 6.45) is 2.50. The Kier molecular flexibility index (Phi) is 4.40. The summed E-state index contributed by atoms with van der Waals surface area (Å²) in [6, 6.07) is 0. The molecule has 1 aliphatic heterocycles. The first-order valence-corrected chi connectivity index (χ1v) is 7.44. The van der Waals surface area contributed by atoms with Crippen LogP contribution in [0.1, 0.15) is 37.3 Å². The molecule has 4 heteroatoms. The molecule has 2 rings (SSSR count). The van der Waals surface area contributed by atoms with Gasteiger partial charge in [0.1, 0.15) is 0 Å². The fourth-order valence-electron chi connectivity index (χ4n) is 2.20. The topological polar surface area (TPSA) is 28.2 Å². The van der Waals surface area contributed by atoms with Crippen LogP contribution >= 0.6 is 11.3 Å². The molecule has 1 unspecified atom stereocenters. The van der Waals surface area contributed by atoms with Crippen molar-refractivity contribution in [1.29, 1.82) is 0 Å². The molecule has 0 bridgehead atoms. The van der Waals surface area contributed by atoms with Gasteiger partial charge in [-0.1, -0.05) is 13.8 Å². The smallest absolute Gasteiger partial charge is 0.185 e. The van der Waals surface area contributed by atoms with Gasteiger partial charge in [0, 0.05) is 24.5 Å². The summed E-state index contributed by atoms with van der Waals surface area (Å²) in [6.45, 7) is 11.1. The summed E-state index contributed by atoms with van der Waals surface area (Å²) in [4.78, 5) is 8.54. The zero-order valence-corrected chi connectivity index (χ0v) is 11.9. The second-order valence-corrected chi connectivity index (χ2v) is 6.08. The maximum absolute atomic E-state index is 4.71. The van der Waals surface area contributed by atoms with Crippen molar-refractivity contribution in [1.82, 2.24) is 10.3 Å². The van der Waals surface area contributed by atoms with E-state index >= 15 is 0 Å². The van der Waals surface area contributed by atoms with Crippen molar-refractivity contribution < 1.29 is 0 Å². The lowest BCUT2D eigenvalue weighted by Crippen LogP contribution is -2.18. The van der Waals surface area contributed by atoms with Crippen LogP contribution in [-0.4, -0.2) is 24.6 Å². The molecule has 1 N–H and O–H groups in total. The van der Waals surface area contributed by atoms with Gasteiger partial charge >= 0.3 is 0 Å². The van der Waals surface area contributed by atoms with Gasteiger partial charge in [-0.05, 0) is 32.2 Å². The molecule has 1 saturated heterocycles. The highest BCUT2D eigenvalue weighted by molar-refractivity contribution is 7.15. The van der Waals surface area contributed by atoms with E-state index in [1.54, 1.807) is 0 Å². The Morgan fingerprint density at radius 2 is 2.35 bits per heavy atom.